The van der Waals surface area contributed by atoms with E-state index in [2.05, 4.69) is 5.10 Å². The summed E-state index contributed by atoms with van der Waals surface area (Å²) in [6.07, 6.45) is 0. The Balaban J connectivity index is 3.14. The number of halogens is 2. The third-order valence-corrected chi connectivity index (χ3v) is 2.03. The van der Waals surface area contributed by atoms with Gasteiger partial charge in [-0.3, -0.25) is 5.01 Å². The van der Waals surface area contributed by atoms with E-state index in [9.17, 15) is 13.6 Å². The van der Waals surface area contributed by atoms with Crippen molar-refractivity contribution in [1.29, 1.82) is 5.26 Å². The largest absolute Gasteiger partial charge is 0.476 e. The SMILES string of the molecule is CCN(N=C(C#N)C(=O)O)c1ccc(F)c(F)c1. The number of carboxylic acids is 1. The summed E-state index contributed by atoms with van der Waals surface area (Å²) in [6, 6.07) is 4.41. The molecule has 1 rings (SSSR count). The topological polar surface area (TPSA) is 76.7 Å². The van der Waals surface area contributed by atoms with Crippen LogP contribution in [0.15, 0.2) is 23.3 Å². The van der Waals surface area contributed by atoms with E-state index >= 15 is 0 Å². The molecule has 0 aliphatic heterocycles. The molecule has 0 bridgehead atoms. The number of benzene rings is 1. The molecule has 0 unspecified atom stereocenters. The van der Waals surface area contributed by atoms with E-state index in [1.165, 1.54) is 12.1 Å². The summed E-state index contributed by atoms with van der Waals surface area (Å²) in [7, 11) is 0. The van der Waals surface area contributed by atoms with E-state index in [1.807, 2.05) is 0 Å². The van der Waals surface area contributed by atoms with Gasteiger partial charge >= 0.3 is 5.97 Å². The zero-order valence-corrected chi connectivity index (χ0v) is 9.39. The summed E-state index contributed by atoms with van der Waals surface area (Å²) in [5, 5.41) is 21.9. The van der Waals surface area contributed by atoms with Crippen LogP contribution in [0.2, 0.25) is 0 Å². The van der Waals surface area contributed by atoms with E-state index < -0.39 is 23.3 Å². The molecular weight excluding hydrogens is 244 g/mol. The molecule has 0 spiro atoms. The molecular formula is C11H9F2N3O2. The molecule has 0 radical (unpaired) electrons. The number of aliphatic carboxylic acids is 1. The monoisotopic (exact) mass is 253 g/mol. The Kier molecular flexibility index (Phi) is 4.32. The molecule has 94 valence electrons. The maximum Gasteiger partial charge on any atom is 0.367 e. The summed E-state index contributed by atoms with van der Waals surface area (Å²) < 4.78 is 25.8. The highest BCUT2D eigenvalue weighted by Gasteiger charge is 2.13. The van der Waals surface area contributed by atoms with Crippen LogP contribution in [0.3, 0.4) is 0 Å². The van der Waals surface area contributed by atoms with E-state index in [-0.39, 0.29) is 12.2 Å². The fourth-order valence-corrected chi connectivity index (χ4v) is 1.19. The van der Waals surface area contributed by atoms with Gasteiger partial charge in [-0.2, -0.15) is 10.4 Å². The molecule has 1 aromatic carbocycles. The van der Waals surface area contributed by atoms with Crippen molar-refractivity contribution in [2.24, 2.45) is 5.10 Å². The van der Waals surface area contributed by atoms with Gasteiger partial charge in [0.05, 0.1) is 5.69 Å². The zero-order valence-electron chi connectivity index (χ0n) is 9.39. The van der Waals surface area contributed by atoms with Crippen molar-refractivity contribution in [1.82, 2.24) is 0 Å². The minimum absolute atomic E-state index is 0.158. The lowest BCUT2D eigenvalue weighted by Gasteiger charge is -2.16. The number of anilines is 1. The van der Waals surface area contributed by atoms with Gasteiger partial charge in [0, 0.05) is 12.6 Å². The van der Waals surface area contributed by atoms with Crippen LogP contribution >= 0.6 is 0 Å². The smallest absolute Gasteiger partial charge is 0.367 e. The normalized spacial score (nSPS) is 10.9. The molecule has 0 saturated heterocycles. The Morgan fingerprint density at radius 3 is 2.61 bits per heavy atom. The molecule has 0 amide bonds. The predicted molar refractivity (Wildman–Crippen MR) is 60.1 cm³/mol. The second kappa shape index (κ2) is 5.72. The fourth-order valence-electron chi connectivity index (χ4n) is 1.19. The number of hydrogen-bond donors (Lipinski definition) is 1. The molecule has 0 aliphatic carbocycles. The van der Waals surface area contributed by atoms with Crippen LogP contribution in [0.25, 0.3) is 0 Å². The number of nitrogens with zero attached hydrogens (tertiary/aromatic N) is 3. The number of nitriles is 1. The van der Waals surface area contributed by atoms with Crippen LogP contribution in [0.5, 0.6) is 0 Å². The molecule has 0 saturated carbocycles. The van der Waals surface area contributed by atoms with Gasteiger partial charge in [0.2, 0.25) is 5.71 Å². The van der Waals surface area contributed by atoms with Crippen molar-refractivity contribution in [3.05, 3.63) is 29.8 Å². The first-order chi connectivity index (χ1) is 8.49. The molecule has 1 aromatic rings. The number of carbonyl (C=O) groups is 1. The van der Waals surface area contributed by atoms with Crippen molar-refractivity contribution in [3.63, 3.8) is 0 Å². The maximum atomic E-state index is 13.0. The molecule has 1 N–H and O–H groups in total. The van der Waals surface area contributed by atoms with Crippen LogP contribution in [0, 0.1) is 23.0 Å². The van der Waals surface area contributed by atoms with E-state index in [0.717, 1.165) is 17.1 Å². The van der Waals surface area contributed by atoms with E-state index in [4.69, 9.17) is 10.4 Å². The van der Waals surface area contributed by atoms with Gasteiger partial charge in [-0.1, -0.05) is 0 Å². The highest BCUT2D eigenvalue weighted by Crippen LogP contribution is 2.18. The Bertz CT molecular complexity index is 538. The molecule has 18 heavy (non-hydrogen) atoms. The Morgan fingerprint density at radius 1 is 1.50 bits per heavy atom. The maximum absolute atomic E-state index is 13.0. The quantitative estimate of drug-likeness (QED) is 0.655. The molecule has 0 heterocycles. The lowest BCUT2D eigenvalue weighted by Crippen LogP contribution is -2.22. The van der Waals surface area contributed by atoms with Crippen molar-refractivity contribution < 1.29 is 18.7 Å². The van der Waals surface area contributed by atoms with Gasteiger partial charge in [0.1, 0.15) is 6.07 Å². The summed E-state index contributed by atoms with van der Waals surface area (Å²) in [5.41, 5.74) is -0.577. The summed E-state index contributed by atoms with van der Waals surface area (Å²) >= 11 is 0. The van der Waals surface area contributed by atoms with Gasteiger partial charge in [-0.25, -0.2) is 13.6 Å². The summed E-state index contributed by atoms with van der Waals surface area (Å²) in [5.74, 6) is -3.58. The van der Waals surface area contributed by atoms with Gasteiger partial charge < -0.3 is 5.11 Å². The summed E-state index contributed by atoms with van der Waals surface area (Å²) in [6.45, 7) is 1.82. The van der Waals surface area contributed by atoms with Gasteiger partial charge in [-0.15, -0.1) is 0 Å². The number of hydrazone groups is 1. The van der Waals surface area contributed by atoms with Crippen LogP contribution < -0.4 is 5.01 Å². The average molecular weight is 253 g/mol. The third-order valence-electron chi connectivity index (χ3n) is 2.03. The lowest BCUT2D eigenvalue weighted by molar-refractivity contribution is -0.129. The van der Waals surface area contributed by atoms with Crippen molar-refractivity contribution in [2.75, 3.05) is 11.6 Å². The van der Waals surface area contributed by atoms with Gasteiger partial charge in [-0.05, 0) is 19.1 Å². The van der Waals surface area contributed by atoms with Gasteiger partial charge in [0.15, 0.2) is 11.6 Å². The molecule has 0 aliphatic rings. The van der Waals surface area contributed by atoms with Crippen LogP contribution in [-0.2, 0) is 4.79 Å². The number of hydrogen-bond acceptors (Lipinski definition) is 4. The highest BCUT2D eigenvalue weighted by molar-refractivity contribution is 6.42. The molecule has 0 aromatic heterocycles. The Labute approximate surface area is 102 Å². The first-order valence-corrected chi connectivity index (χ1v) is 4.94. The number of rotatable bonds is 4. The lowest BCUT2D eigenvalue weighted by atomic mass is 10.3. The van der Waals surface area contributed by atoms with E-state index in [1.54, 1.807) is 6.92 Å². The zero-order chi connectivity index (χ0) is 13.7. The van der Waals surface area contributed by atoms with Crippen molar-refractivity contribution in [2.45, 2.75) is 6.92 Å². The second-order valence-electron chi connectivity index (χ2n) is 3.18. The third kappa shape index (κ3) is 3.01. The van der Waals surface area contributed by atoms with Gasteiger partial charge in [0.25, 0.3) is 0 Å². The Morgan fingerprint density at radius 2 is 2.17 bits per heavy atom. The van der Waals surface area contributed by atoms with Crippen molar-refractivity contribution in [3.8, 4) is 6.07 Å². The Hall–Kier alpha value is -2.49. The average Bonchev–Trinajstić information content (AvgIpc) is 2.34. The number of carboxylic acid groups (broad SMARTS) is 1. The van der Waals surface area contributed by atoms with E-state index in [0.29, 0.717) is 0 Å². The van der Waals surface area contributed by atoms with Crippen LogP contribution in [0.1, 0.15) is 6.92 Å². The van der Waals surface area contributed by atoms with Crippen LogP contribution in [-0.4, -0.2) is 23.3 Å². The first kappa shape index (κ1) is 13.6. The molecule has 5 nitrogen and oxygen atoms in total. The molecule has 7 heteroatoms. The minimum atomic E-state index is -1.49. The van der Waals surface area contributed by atoms with Crippen LogP contribution in [0.4, 0.5) is 14.5 Å². The molecule has 0 fully saturated rings. The predicted octanol–water partition coefficient (Wildman–Crippen LogP) is 1.76. The fraction of sp³-hybridized carbons (Fsp3) is 0.182. The second-order valence-corrected chi connectivity index (χ2v) is 3.18. The van der Waals surface area contributed by atoms with Crippen molar-refractivity contribution >= 4 is 17.4 Å². The minimum Gasteiger partial charge on any atom is -0.476 e. The highest BCUT2D eigenvalue weighted by atomic mass is 19.2. The molecule has 0 atom stereocenters. The summed E-state index contributed by atoms with van der Waals surface area (Å²) in [4.78, 5) is 10.6. The first-order valence-electron chi connectivity index (χ1n) is 4.94. The standard InChI is InChI=1S/C11H9F2N3O2/c1-2-16(15-10(6-14)11(17)18)7-3-4-8(12)9(13)5-7/h3-5H,2H2,1H3,(H,17,18).